The third-order valence-electron chi connectivity index (χ3n) is 3.71. The summed E-state index contributed by atoms with van der Waals surface area (Å²) in [5.74, 6) is 0. The standard InChI is InChI=1S/C16H23ClN2/c1-3-9-18-13(2)14-5-6-16-15(12-14)7-11-19(16)10-4-8-17/h4-6,8,12-13,18H,3,7,9-11H2,1-2H3/b8-4+. The lowest BCUT2D eigenvalue weighted by molar-refractivity contribution is 0.570. The molecule has 19 heavy (non-hydrogen) atoms. The minimum atomic E-state index is 0.432. The van der Waals surface area contributed by atoms with Crippen LogP contribution in [0.15, 0.2) is 29.8 Å². The molecule has 1 aromatic rings. The van der Waals surface area contributed by atoms with E-state index in [4.69, 9.17) is 11.6 Å². The quantitative estimate of drug-likeness (QED) is 0.850. The summed E-state index contributed by atoms with van der Waals surface area (Å²) in [5, 5.41) is 3.54. The van der Waals surface area contributed by atoms with Crippen molar-refractivity contribution in [3.05, 3.63) is 40.9 Å². The molecule has 1 heterocycles. The van der Waals surface area contributed by atoms with E-state index in [1.54, 1.807) is 5.54 Å². The molecule has 1 aliphatic heterocycles. The first-order valence-corrected chi connectivity index (χ1v) is 7.56. The number of anilines is 1. The molecule has 0 aliphatic carbocycles. The average Bonchev–Trinajstić information content (AvgIpc) is 2.84. The first-order chi connectivity index (χ1) is 9.26. The summed E-state index contributed by atoms with van der Waals surface area (Å²) >= 11 is 5.61. The highest BCUT2D eigenvalue weighted by molar-refractivity contribution is 6.25. The zero-order chi connectivity index (χ0) is 13.7. The van der Waals surface area contributed by atoms with Gasteiger partial charge in [-0.2, -0.15) is 0 Å². The van der Waals surface area contributed by atoms with Crippen molar-refractivity contribution in [3.63, 3.8) is 0 Å². The molecular weight excluding hydrogens is 256 g/mol. The van der Waals surface area contributed by atoms with Crippen LogP contribution in [0, 0.1) is 0 Å². The van der Waals surface area contributed by atoms with Gasteiger partial charge in [-0.05, 0) is 43.5 Å². The molecule has 0 radical (unpaired) electrons. The Labute approximate surface area is 121 Å². The maximum absolute atomic E-state index is 5.61. The monoisotopic (exact) mass is 278 g/mol. The molecule has 1 aromatic carbocycles. The predicted octanol–water partition coefficient (Wildman–Crippen LogP) is 3.86. The molecule has 0 fully saturated rings. The Bertz CT molecular complexity index is 442. The normalized spacial score (nSPS) is 16.1. The van der Waals surface area contributed by atoms with Gasteiger partial charge in [0.15, 0.2) is 0 Å². The third-order valence-corrected chi connectivity index (χ3v) is 3.89. The Morgan fingerprint density at radius 3 is 3.05 bits per heavy atom. The summed E-state index contributed by atoms with van der Waals surface area (Å²) in [7, 11) is 0. The summed E-state index contributed by atoms with van der Waals surface area (Å²) in [6.45, 7) is 7.51. The fraction of sp³-hybridized carbons (Fsp3) is 0.500. The molecule has 0 saturated heterocycles. The lowest BCUT2D eigenvalue weighted by atomic mass is 10.0. The number of hydrogen-bond acceptors (Lipinski definition) is 2. The van der Waals surface area contributed by atoms with E-state index >= 15 is 0 Å². The van der Waals surface area contributed by atoms with Gasteiger partial charge in [0.2, 0.25) is 0 Å². The molecule has 0 aromatic heterocycles. The molecule has 2 rings (SSSR count). The zero-order valence-corrected chi connectivity index (χ0v) is 12.6. The summed E-state index contributed by atoms with van der Waals surface area (Å²) in [5.41, 5.74) is 5.82. The fourth-order valence-corrected chi connectivity index (χ4v) is 2.67. The topological polar surface area (TPSA) is 15.3 Å². The van der Waals surface area contributed by atoms with Crippen LogP contribution < -0.4 is 10.2 Å². The van der Waals surface area contributed by atoms with Crippen molar-refractivity contribution in [2.45, 2.75) is 32.7 Å². The fourth-order valence-electron chi connectivity index (χ4n) is 2.59. The van der Waals surface area contributed by atoms with E-state index in [-0.39, 0.29) is 0 Å². The van der Waals surface area contributed by atoms with Crippen LogP contribution in [0.4, 0.5) is 5.69 Å². The Balaban J connectivity index is 2.08. The van der Waals surface area contributed by atoms with Crippen LogP contribution in [0.3, 0.4) is 0 Å². The van der Waals surface area contributed by atoms with Gasteiger partial charge in [0.1, 0.15) is 0 Å². The molecule has 3 heteroatoms. The second-order valence-electron chi connectivity index (χ2n) is 5.12. The summed E-state index contributed by atoms with van der Waals surface area (Å²) in [4.78, 5) is 2.38. The van der Waals surface area contributed by atoms with Crippen LogP contribution >= 0.6 is 11.6 Å². The van der Waals surface area contributed by atoms with Gasteiger partial charge >= 0.3 is 0 Å². The molecule has 1 N–H and O–H groups in total. The summed E-state index contributed by atoms with van der Waals surface area (Å²) in [6, 6.07) is 7.29. The minimum absolute atomic E-state index is 0.432. The molecule has 0 bridgehead atoms. The van der Waals surface area contributed by atoms with Crippen LogP contribution in [0.1, 0.15) is 37.4 Å². The van der Waals surface area contributed by atoms with Crippen LogP contribution in [0.2, 0.25) is 0 Å². The first kappa shape index (κ1) is 14.4. The average molecular weight is 279 g/mol. The van der Waals surface area contributed by atoms with Crippen molar-refractivity contribution in [1.82, 2.24) is 5.32 Å². The van der Waals surface area contributed by atoms with E-state index in [0.29, 0.717) is 6.04 Å². The number of rotatable bonds is 6. The molecular formula is C16H23ClN2. The Morgan fingerprint density at radius 1 is 1.47 bits per heavy atom. The van der Waals surface area contributed by atoms with E-state index in [2.05, 4.69) is 42.3 Å². The third kappa shape index (κ3) is 3.52. The Kier molecular flexibility index (Phi) is 5.29. The van der Waals surface area contributed by atoms with E-state index in [0.717, 1.165) is 26.1 Å². The van der Waals surface area contributed by atoms with Gasteiger partial charge in [-0.3, -0.25) is 0 Å². The number of benzene rings is 1. The number of nitrogens with one attached hydrogen (secondary N) is 1. The van der Waals surface area contributed by atoms with Crippen molar-refractivity contribution in [1.29, 1.82) is 0 Å². The van der Waals surface area contributed by atoms with Gasteiger partial charge in [0.05, 0.1) is 0 Å². The number of nitrogens with zero attached hydrogens (tertiary/aromatic N) is 1. The second-order valence-corrected chi connectivity index (χ2v) is 5.37. The Hall–Kier alpha value is -0.990. The predicted molar refractivity (Wildman–Crippen MR) is 84.1 cm³/mol. The lowest BCUT2D eigenvalue weighted by Gasteiger charge is -2.19. The Morgan fingerprint density at radius 2 is 2.32 bits per heavy atom. The van der Waals surface area contributed by atoms with Crippen molar-refractivity contribution in [2.24, 2.45) is 0 Å². The van der Waals surface area contributed by atoms with Crippen molar-refractivity contribution < 1.29 is 0 Å². The molecule has 2 nitrogen and oxygen atoms in total. The number of halogens is 1. The van der Waals surface area contributed by atoms with Gasteiger partial charge < -0.3 is 10.2 Å². The van der Waals surface area contributed by atoms with E-state index in [1.165, 1.54) is 23.2 Å². The molecule has 0 spiro atoms. The van der Waals surface area contributed by atoms with E-state index in [9.17, 15) is 0 Å². The summed E-state index contributed by atoms with van der Waals surface area (Å²) < 4.78 is 0. The molecule has 1 unspecified atom stereocenters. The van der Waals surface area contributed by atoms with E-state index in [1.807, 2.05) is 6.08 Å². The highest BCUT2D eigenvalue weighted by Gasteiger charge is 2.19. The van der Waals surface area contributed by atoms with Gasteiger partial charge in [-0.25, -0.2) is 0 Å². The van der Waals surface area contributed by atoms with Crippen LogP contribution in [0.5, 0.6) is 0 Å². The van der Waals surface area contributed by atoms with Gasteiger partial charge in [0, 0.05) is 30.4 Å². The maximum atomic E-state index is 5.61. The molecule has 0 saturated carbocycles. The molecule has 1 aliphatic rings. The van der Waals surface area contributed by atoms with Crippen LogP contribution in [-0.2, 0) is 6.42 Å². The van der Waals surface area contributed by atoms with Crippen molar-refractivity contribution in [3.8, 4) is 0 Å². The minimum Gasteiger partial charge on any atom is -0.367 e. The number of fused-ring (bicyclic) bond motifs is 1. The smallest absolute Gasteiger partial charge is 0.0402 e. The molecule has 104 valence electrons. The first-order valence-electron chi connectivity index (χ1n) is 7.12. The lowest BCUT2D eigenvalue weighted by Crippen LogP contribution is -2.20. The highest BCUT2D eigenvalue weighted by Crippen LogP contribution is 2.30. The zero-order valence-electron chi connectivity index (χ0n) is 11.8. The molecule has 0 amide bonds. The SMILES string of the molecule is CCCNC(C)c1ccc2c(c1)CCN2C/C=C/Cl. The molecule has 1 atom stereocenters. The van der Waals surface area contributed by atoms with Crippen LogP contribution in [0.25, 0.3) is 0 Å². The maximum Gasteiger partial charge on any atom is 0.0402 e. The van der Waals surface area contributed by atoms with Gasteiger partial charge in [-0.1, -0.05) is 36.7 Å². The second kappa shape index (κ2) is 6.97. The summed E-state index contributed by atoms with van der Waals surface area (Å²) in [6.07, 6.45) is 4.31. The van der Waals surface area contributed by atoms with Gasteiger partial charge in [0.25, 0.3) is 0 Å². The van der Waals surface area contributed by atoms with Gasteiger partial charge in [-0.15, -0.1) is 0 Å². The van der Waals surface area contributed by atoms with E-state index < -0.39 is 0 Å². The van der Waals surface area contributed by atoms with Crippen molar-refractivity contribution >= 4 is 17.3 Å². The largest absolute Gasteiger partial charge is 0.367 e. The highest BCUT2D eigenvalue weighted by atomic mass is 35.5. The van der Waals surface area contributed by atoms with Crippen molar-refractivity contribution in [2.75, 3.05) is 24.5 Å². The van der Waals surface area contributed by atoms with Crippen LogP contribution in [-0.4, -0.2) is 19.6 Å². The number of hydrogen-bond donors (Lipinski definition) is 1.